The zero-order chi connectivity index (χ0) is 26.3. The minimum Gasteiger partial charge on any atom is -0.467 e. The standard InChI is InChI=1S/C28H28N4O6/c29-14-20-5-8-22(9-6-20)30-28(34)32(17-24-4-2-12-36-24)18-27(33)31(16-23-3-1-11-35-23)15-21-7-10-25-26(13-21)38-19-37-25/h1,3,5-11,13,24H,2,4,12,15-19H2,(H,30,34). The van der Waals surface area contributed by atoms with Crippen molar-refractivity contribution in [1.82, 2.24) is 9.80 Å². The van der Waals surface area contributed by atoms with Crippen LogP contribution in [0.5, 0.6) is 11.5 Å². The molecule has 1 unspecified atom stereocenters. The number of amides is 3. The fourth-order valence-electron chi connectivity index (χ4n) is 4.43. The molecule has 0 aliphatic carbocycles. The van der Waals surface area contributed by atoms with Crippen LogP contribution in [0.2, 0.25) is 0 Å². The monoisotopic (exact) mass is 516 g/mol. The Morgan fingerprint density at radius 1 is 1.03 bits per heavy atom. The van der Waals surface area contributed by atoms with Gasteiger partial charge in [-0.1, -0.05) is 6.07 Å². The van der Waals surface area contributed by atoms with E-state index >= 15 is 0 Å². The Bertz CT molecular complexity index is 1300. The van der Waals surface area contributed by atoms with Crippen molar-refractivity contribution in [1.29, 1.82) is 5.26 Å². The molecule has 3 amide bonds. The summed E-state index contributed by atoms with van der Waals surface area (Å²) in [6.07, 6.45) is 3.16. The Labute approximate surface area is 220 Å². The Balaban J connectivity index is 1.33. The minimum absolute atomic E-state index is 0.137. The first-order chi connectivity index (χ1) is 18.6. The quantitative estimate of drug-likeness (QED) is 0.455. The number of hydrogen-bond donors (Lipinski definition) is 1. The molecule has 1 fully saturated rings. The molecule has 10 nitrogen and oxygen atoms in total. The van der Waals surface area contributed by atoms with Crippen molar-refractivity contribution in [2.24, 2.45) is 0 Å². The van der Waals surface area contributed by atoms with Crippen molar-refractivity contribution in [3.05, 3.63) is 77.7 Å². The second-order valence-electron chi connectivity index (χ2n) is 9.15. The second-order valence-corrected chi connectivity index (χ2v) is 9.15. The number of ether oxygens (including phenoxy) is 3. The molecule has 38 heavy (non-hydrogen) atoms. The molecule has 1 saturated heterocycles. The van der Waals surface area contributed by atoms with E-state index in [4.69, 9.17) is 23.9 Å². The lowest BCUT2D eigenvalue weighted by Gasteiger charge is -2.29. The molecule has 2 aliphatic heterocycles. The minimum atomic E-state index is -0.417. The van der Waals surface area contributed by atoms with Crippen LogP contribution in [0.3, 0.4) is 0 Å². The van der Waals surface area contributed by atoms with Gasteiger partial charge < -0.3 is 33.7 Å². The van der Waals surface area contributed by atoms with Crippen LogP contribution >= 0.6 is 0 Å². The van der Waals surface area contributed by atoms with E-state index in [-0.39, 0.29) is 38.4 Å². The predicted molar refractivity (Wildman–Crippen MR) is 136 cm³/mol. The Morgan fingerprint density at radius 2 is 1.87 bits per heavy atom. The second kappa shape index (κ2) is 11.7. The largest absolute Gasteiger partial charge is 0.467 e. The van der Waals surface area contributed by atoms with Crippen LogP contribution in [0.15, 0.2) is 65.3 Å². The van der Waals surface area contributed by atoms with Crippen molar-refractivity contribution in [2.75, 3.05) is 31.8 Å². The molecule has 0 radical (unpaired) electrons. The highest BCUT2D eigenvalue weighted by Crippen LogP contribution is 2.33. The molecule has 1 atom stereocenters. The summed E-state index contributed by atoms with van der Waals surface area (Å²) in [5.41, 5.74) is 1.89. The molecule has 1 aromatic heterocycles. The van der Waals surface area contributed by atoms with Gasteiger partial charge in [0, 0.05) is 25.4 Å². The highest BCUT2D eigenvalue weighted by atomic mass is 16.7. The van der Waals surface area contributed by atoms with Crippen LogP contribution in [0, 0.1) is 11.3 Å². The van der Waals surface area contributed by atoms with Crippen LogP contribution in [0.25, 0.3) is 0 Å². The van der Waals surface area contributed by atoms with E-state index in [0.29, 0.717) is 41.7 Å². The Morgan fingerprint density at radius 3 is 2.61 bits per heavy atom. The van der Waals surface area contributed by atoms with E-state index in [9.17, 15) is 9.59 Å². The molecular weight excluding hydrogens is 488 g/mol. The van der Waals surface area contributed by atoms with E-state index in [1.807, 2.05) is 24.3 Å². The first-order valence-corrected chi connectivity index (χ1v) is 12.4. The van der Waals surface area contributed by atoms with Gasteiger partial charge >= 0.3 is 6.03 Å². The number of urea groups is 1. The van der Waals surface area contributed by atoms with Crippen molar-refractivity contribution >= 4 is 17.6 Å². The summed E-state index contributed by atoms with van der Waals surface area (Å²) in [6.45, 7) is 1.48. The summed E-state index contributed by atoms with van der Waals surface area (Å²) in [5.74, 6) is 1.69. The number of rotatable bonds is 9. The molecule has 0 saturated carbocycles. The topological polar surface area (TPSA) is 117 Å². The maximum atomic E-state index is 13.7. The van der Waals surface area contributed by atoms with Crippen molar-refractivity contribution in [3.63, 3.8) is 0 Å². The number of nitrogens with zero attached hydrogens (tertiary/aromatic N) is 3. The zero-order valence-electron chi connectivity index (χ0n) is 20.8. The average molecular weight is 517 g/mol. The number of furan rings is 1. The molecule has 3 heterocycles. The van der Waals surface area contributed by atoms with Crippen molar-refractivity contribution in [3.8, 4) is 17.6 Å². The number of benzene rings is 2. The van der Waals surface area contributed by atoms with Gasteiger partial charge in [-0.25, -0.2) is 4.79 Å². The predicted octanol–water partition coefficient (Wildman–Crippen LogP) is 4.12. The van der Waals surface area contributed by atoms with Crippen LogP contribution in [-0.4, -0.2) is 54.3 Å². The lowest BCUT2D eigenvalue weighted by Crippen LogP contribution is -2.46. The zero-order valence-corrected chi connectivity index (χ0v) is 20.8. The molecule has 3 aromatic rings. The SMILES string of the molecule is N#Cc1ccc(NC(=O)N(CC(=O)N(Cc2ccc3c(c2)OCO3)Cc2ccco2)CC2CCCO2)cc1. The smallest absolute Gasteiger partial charge is 0.322 e. The maximum absolute atomic E-state index is 13.7. The van der Waals surface area contributed by atoms with E-state index in [1.165, 1.54) is 4.90 Å². The number of fused-ring (bicyclic) bond motifs is 1. The molecular formula is C28H28N4O6. The summed E-state index contributed by atoms with van der Waals surface area (Å²) in [7, 11) is 0. The summed E-state index contributed by atoms with van der Waals surface area (Å²) in [6, 6.07) is 17.3. The Kier molecular flexibility index (Phi) is 7.75. The number of nitriles is 1. The molecule has 1 N–H and O–H groups in total. The van der Waals surface area contributed by atoms with Gasteiger partial charge in [0.15, 0.2) is 11.5 Å². The summed E-state index contributed by atoms with van der Waals surface area (Å²) in [4.78, 5) is 30.1. The summed E-state index contributed by atoms with van der Waals surface area (Å²) < 4.78 is 22.2. The fourth-order valence-corrected chi connectivity index (χ4v) is 4.43. The molecule has 2 aromatic carbocycles. The average Bonchev–Trinajstić information content (AvgIpc) is 3.71. The van der Waals surface area contributed by atoms with Gasteiger partial charge in [-0.2, -0.15) is 5.26 Å². The number of anilines is 1. The number of carbonyl (C=O) groups excluding carboxylic acids is 2. The van der Waals surface area contributed by atoms with Crippen LogP contribution in [0.4, 0.5) is 10.5 Å². The van der Waals surface area contributed by atoms with E-state index in [1.54, 1.807) is 41.5 Å². The molecule has 196 valence electrons. The van der Waals surface area contributed by atoms with E-state index in [2.05, 4.69) is 11.4 Å². The lowest BCUT2D eigenvalue weighted by atomic mass is 10.1. The van der Waals surface area contributed by atoms with Gasteiger partial charge in [-0.15, -0.1) is 0 Å². The number of carbonyl (C=O) groups is 2. The van der Waals surface area contributed by atoms with Gasteiger partial charge in [0.2, 0.25) is 12.7 Å². The third-order valence-electron chi connectivity index (χ3n) is 6.42. The third kappa shape index (κ3) is 6.25. The third-order valence-corrected chi connectivity index (χ3v) is 6.42. The van der Waals surface area contributed by atoms with Crippen LogP contribution in [-0.2, 0) is 22.6 Å². The molecule has 10 heteroatoms. The Hall–Kier alpha value is -4.49. The fraction of sp³-hybridized carbons (Fsp3) is 0.321. The van der Waals surface area contributed by atoms with Gasteiger partial charge in [-0.05, 0) is 66.9 Å². The van der Waals surface area contributed by atoms with Crippen LogP contribution < -0.4 is 14.8 Å². The first-order valence-electron chi connectivity index (χ1n) is 12.4. The number of nitrogens with one attached hydrogen (secondary N) is 1. The normalized spacial score (nSPS) is 15.6. The van der Waals surface area contributed by atoms with Crippen molar-refractivity contribution in [2.45, 2.75) is 32.0 Å². The van der Waals surface area contributed by atoms with Gasteiger partial charge in [0.05, 0.1) is 30.5 Å². The van der Waals surface area contributed by atoms with Gasteiger partial charge in [0.25, 0.3) is 0 Å². The first kappa shape index (κ1) is 25.2. The molecule has 2 aliphatic rings. The van der Waals surface area contributed by atoms with Gasteiger partial charge in [0.1, 0.15) is 12.3 Å². The molecule has 0 spiro atoms. The summed E-state index contributed by atoms with van der Waals surface area (Å²) >= 11 is 0. The summed E-state index contributed by atoms with van der Waals surface area (Å²) in [5, 5.41) is 11.9. The molecule has 0 bridgehead atoms. The van der Waals surface area contributed by atoms with Crippen molar-refractivity contribution < 1.29 is 28.2 Å². The van der Waals surface area contributed by atoms with E-state index in [0.717, 1.165) is 18.4 Å². The molecule has 5 rings (SSSR count). The lowest BCUT2D eigenvalue weighted by molar-refractivity contribution is -0.133. The highest BCUT2D eigenvalue weighted by molar-refractivity contribution is 5.92. The van der Waals surface area contributed by atoms with Gasteiger partial charge in [-0.3, -0.25) is 4.79 Å². The maximum Gasteiger partial charge on any atom is 0.322 e. The number of hydrogen-bond acceptors (Lipinski definition) is 7. The van der Waals surface area contributed by atoms with Crippen LogP contribution in [0.1, 0.15) is 29.7 Å². The van der Waals surface area contributed by atoms with E-state index < -0.39 is 6.03 Å². The highest BCUT2D eigenvalue weighted by Gasteiger charge is 2.27.